The zero-order valence-corrected chi connectivity index (χ0v) is 14.9. The highest BCUT2D eigenvalue weighted by Crippen LogP contribution is 2.36. The molecule has 0 radical (unpaired) electrons. The van der Waals surface area contributed by atoms with Gasteiger partial charge in [-0.3, -0.25) is 4.79 Å². The lowest BCUT2D eigenvalue weighted by atomic mass is 10.3. The number of amides is 1. The molecule has 1 saturated heterocycles. The zero-order valence-electron chi connectivity index (χ0n) is 13.2. The third-order valence-corrected chi connectivity index (χ3v) is 6.25. The van der Waals surface area contributed by atoms with Crippen molar-refractivity contribution in [3.63, 3.8) is 0 Å². The number of anilines is 2. The maximum absolute atomic E-state index is 12.4. The summed E-state index contributed by atoms with van der Waals surface area (Å²) in [5.74, 6) is 0.668. The average Bonchev–Trinajstić information content (AvgIpc) is 3.30. The first-order valence-electron chi connectivity index (χ1n) is 7.83. The number of carbonyl (C=O) groups excluding carboxylic acids is 1. The predicted octanol–water partition coefficient (Wildman–Crippen LogP) is 4.22. The maximum atomic E-state index is 12.4. The molecule has 1 fully saturated rings. The molecular formula is C17H17N3O2S2. The number of methoxy groups -OCH3 is 1. The van der Waals surface area contributed by atoms with Crippen LogP contribution in [0.1, 0.15) is 22.5 Å². The molecule has 0 unspecified atom stereocenters. The van der Waals surface area contributed by atoms with Gasteiger partial charge in [-0.05, 0) is 43.2 Å². The molecule has 0 bridgehead atoms. The molecule has 5 nitrogen and oxygen atoms in total. The van der Waals surface area contributed by atoms with Gasteiger partial charge in [0.2, 0.25) is 0 Å². The zero-order chi connectivity index (χ0) is 16.5. The quantitative estimate of drug-likeness (QED) is 0.758. The molecule has 2 aromatic heterocycles. The minimum absolute atomic E-state index is 0.0990. The van der Waals surface area contributed by atoms with Crippen molar-refractivity contribution in [3.05, 3.63) is 35.2 Å². The van der Waals surface area contributed by atoms with Gasteiger partial charge in [-0.2, -0.15) is 0 Å². The third-order valence-electron chi connectivity index (χ3n) is 4.03. The fourth-order valence-corrected chi connectivity index (χ4v) is 4.90. The highest BCUT2D eigenvalue weighted by atomic mass is 32.1. The lowest BCUT2D eigenvalue weighted by Gasteiger charge is -2.11. The van der Waals surface area contributed by atoms with Crippen LogP contribution in [0.2, 0.25) is 0 Å². The Morgan fingerprint density at radius 2 is 1.96 bits per heavy atom. The van der Waals surface area contributed by atoms with E-state index in [2.05, 4.69) is 10.2 Å². The molecule has 0 saturated carbocycles. The summed E-state index contributed by atoms with van der Waals surface area (Å²) in [5.41, 5.74) is 0.753. The average molecular weight is 359 g/mol. The number of benzene rings is 1. The van der Waals surface area contributed by atoms with Gasteiger partial charge in [-0.15, -0.1) is 11.3 Å². The van der Waals surface area contributed by atoms with E-state index in [1.807, 2.05) is 30.3 Å². The van der Waals surface area contributed by atoms with Crippen LogP contribution in [-0.4, -0.2) is 31.1 Å². The van der Waals surface area contributed by atoms with E-state index >= 15 is 0 Å². The van der Waals surface area contributed by atoms with Gasteiger partial charge >= 0.3 is 0 Å². The van der Waals surface area contributed by atoms with Crippen LogP contribution >= 0.6 is 22.7 Å². The Morgan fingerprint density at radius 1 is 1.21 bits per heavy atom. The lowest BCUT2D eigenvalue weighted by molar-refractivity contribution is 0.103. The van der Waals surface area contributed by atoms with Crippen molar-refractivity contribution in [1.29, 1.82) is 0 Å². The topological polar surface area (TPSA) is 54.5 Å². The Kier molecular flexibility index (Phi) is 4.12. The summed E-state index contributed by atoms with van der Waals surface area (Å²) in [4.78, 5) is 21.1. The van der Waals surface area contributed by atoms with Gasteiger partial charge < -0.3 is 15.0 Å². The Bertz CT molecular complexity index is 832. The summed E-state index contributed by atoms with van der Waals surface area (Å²) in [6, 6.07) is 9.25. The molecule has 1 amide bonds. The molecule has 3 heterocycles. The predicted molar refractivity (Wildman–Crippen MR) is 99.9 cm³/mol. The van der Waals surface area contributed by atoms with Crippen LogP contribution in [0.3, 0.4) is 0 Å². The van der Waals surface area contributed by atoms with Gasteiger partial charge in [0, 0.05) is 18.8 Å². The molecular weight excluding hydrogens is 342 g/mol. The number of thiophene rings is 1. The van der Waals surface area contributed by atoms with E-state index in [0.29, 0.717) is 4.88 Å². The Morgan fingerprint density at radius 3 is 2.62 bits per heavy atom. The van der Waals surface area contributed by atoms with Crippen LogP contribution in [0.4, 0.5) is 10.8 Å². The normalized spacial score (nSPS) is 14.3. The van der Waals surface area contributed by atoms with E-state index in [0.717, 1.165) is 39.2 Å². The van der Waals surface area contributed by atoms with Crippen LogP contribution in [0.15, 0.2) is 30.3 Å². The van der Waals surface area contributed by atoms with Crippen molar-refractivity contribution in [2.45, 2.75) is 12.8 Å². The van der Waals surface area contributed by atoms with E-state index in [-0.39, 0.29) is 5.91 Å². The van der Waals surface area contributed by atoms with Gasteiger partial charge in [0.15, 0.2) is 5.13 Å². The fourth-order valence-electron chi connectivity index (χ4n) is 2.75. The Hall–Kier alpha value is -2.12. The summed E-state index contributed by atoms with van der Waals surface area (Å²) in [7, 11) is 1.62. The van der Waals surface area contributed by atoms with Crippen molar-refractivity contribution in [2.75, 3.05) is 30.4 Å². The molecule has 7 heteroatoms. The van der Waals surface area contributed by atoms with Crippen LogP contribution in [0.25, 0.3) is 9.53 Å². The minimum atomic E-state index is -0.0990. The summed E-state index contributed by atoms with van der Waals surface area (Å²) in [5, 5.41) is 3.99. The second kappa shape index (κ2) is 6.41. The first kappa shape index (κ1) is 15.4. The molecule has 1 N–H and O–H groups in total. The van der Waals surface area contributed by atoms with E-state index < -0.39 is 0 Å². The molecule has 24 heavy (non-hydrogen) atoms. The molecule has 1 aromatic carbocycles. The summed E-state index contributed by atoms with van der Waals surface area (Å²) in [6.07, 6.45) is 2.48. The summed E-state index contributed by atoms with van der Waals surface area (Å²) in [6.45, 7) is 2.18. The van der Waals surface area contributed by atoms with Crippen molar-refractivity contribution >= 4 is 48.9 Å². The van der Waals surface area contributed by atoms with Crippen LogP contribution in [-0.2, 0) is 0 Å². The number of hydrogen-bond donors (Lipinski definition) is 1. The standard InChI is InChI=1S/C17H17N3O2S2/c1-22-12-6-4-11(5-7-12)18-15(21)13-10-14-16(23-13)19-17(24-14)20-8-2-3-9-20/h4-7,10H,2-3,8-9H2,1H3,(H,18,21). The molecule has 0 atom stereocenters. The first-order valence-corrected chi connectivity index (χ1v) is 9.47. The minimum Gasteiger partial charge on any atom is -0.497 e. The summed E-state index contributed by atoms with van der Waals surface area (Å²) < 4.78 is 6.21. The van der Waals surface area contributed by atoms with Crippen LogP contribution < -0.4 is 15.0 Å². The summed E-state index contributed by atoms with van der Waals surface area (Å²) >= 11 is 3.12. The third kappa shape index (κ3) is 2.97. The van der Waals surface area contributed by atoms with E-state index in [4.69, 9.17) is 9.72 Å². The van der Waals surface area contributed by atoms with Gasteiger partial charge in [0.25, 0.3) is 5.91 Å². The van der Waals surface area contributed by atoms with Gasteiger partial charge in [0.1, 0.15) is 10.6 Å². The van der Waals surface area contributed by atoms with Crippen LogP contribution in [0.5, 0.6) is 5.75 Å². The molecule has 124 valence electrons. The van der Waals surface area contributed by atoms with Gasteiger partial charge in [-0.1, -0.05) is 11.3 Å². The monoisotopic (exact) mass is 359 g/mol. The Balaban J connectivity index is 1.50. The molecule has 1 aliphatic heterocycles. The smallest absolute Gasteiger partial charge is 0.265 e. The Labute approximate surface area is 147 Å². The number of nitrogens with zero attached hydrogens (tertiary/aromatic N) is 2. The molecule has 0 spiro atoms. The SMILES string of the molecule is COc1ccc(NC(=O)c2cc3sc(N4CCCC4)nc3s2)cc1. The van der Waals surface area contributed by atoms with Crippen LogP contribution in [0, 0.1) is 0 Å². The number of carbonyl (C=O) groups is 1. The second-order valence-electron chi connectivity index (χ2n) is 5.65. The van der Waals surface area contributed by atoms with E-state index in [1.165, 1.54) is 24.2 Å². The number of fused-ring (bicyclic) bond motifs is 1. The van der Waals surface area contributed by atoms with Gasteiger partial charge in [-0.25, -0.2) is 4.98 Å². The van der Waals surface area contributed by atoms with Gasteiger partial charge in [0.05, 0.1) is 16.7 Å². The first-order chi connectivity index (χ1) is 11.7. The largest absolute Gasteiger partial charge is 0.497 e. The van der Waals surface area contributed by atoms with Crippen molar-refractivity contribution < 1.29 is 9.53 Å². The molecule has 4 rings (SSSR count). The highest BCUT2D eigenvalue weighted by molar-refractivity contribution is 7.29. The van der Waals surface area contributed by atoms with Crippen molar-refractivity contribution in [2.24, 2.45) is 0 Å². The molecule has 0 aliphatic carbocycles. The van der Waals surface area contributed by atoms with Crippen molar-refractivity contribution in [3.8, 4) is 5.75 Å². The highest BCUT2D eigenvalue weighted by Gasteiger charge is 2.19. The van der Waals surface area contributed by atoms with E-state index in [9.17, 15) is 4.79 Å². The number of thiazole rings is 1. The number of hydrogen-bond acceptors (Lipinski definition) is 6. The fraction of sp³-hybridized carbons (Fsp3) is 0.294. The van der Waals surface area contributed by atoms with E-state index in [1.54, 1.807) is 18.4 Å². The second-order valence-corrected chi connectivity index (χ2v) is 7.69. The number of rotatable bonds is 4. The maximum Gasteiger partial charge on any atom is 0.265 e. The number of nitrogens with one attached hydrogen (secondary N) is 1. The lowest BCUT2D eigenvalue weighted by Crippen LogP contribution is -2.16. The molecule has 1 aliphatic rings. The number of ether oxygens (including phenoxy) is 1. The molecule has 3 aromatic rings. The van der Waals surface area contributed by atoms with Crippen molar-refractivity contribution in [1.82, 2.24) is 4.98 Å². The number of aromatic nitrogens is 1.